The van der Waals surface area contributed by atoms with Crippen molar-refractivity contribution in [1.29, 1.82) is 0 Å². The van der Waals surface area contributed by atoms with E-state index in [1.165, 1.54) is 19.4 Å². The lowest BCUT2D eigenvalue weighted by Crippen LogP contribution is -2.26. The maximum Gasteiger partial charge on any atom is 0.186 e. The number of aryl methyl sites for hydroxylation is 1. The summed E-state index contributed by atoms with van der Waals surface area (Å²) < 4.78 is 2.20. The van der Waals surface area contributed by atoms with Crippen molar-refractivity contribution in [3.63, 3.8) is 0 Å². The highest BCUT2D eigenvalue weighted by molar-refractivity contribution is 7.19. The first-order valence-electron chi connectivity index (χ1n) is 7.61. The average molecular weight is 340 g/mol. The van der Waals surface area contributed by atoms with Crippen LogP contribution in [0.1, 0.15) is 19.3 Å². The molecule has 0 bridgehead atoms. The molecule has 0 radical (unpaired) electrons. The summed E-state index contributed by atoms with van der Waals surface area (Å²) in [4.78, 5) is 14.3. The van der Waals surface area contributed by atoms with E-state index in [-0.39, 0.29) is 0 Å². The van der Waals surface area contributed by atoms with Crippen molar-refractivity contribution in [3.05, 3.63) is 17.5 Å². The number of anilines is 1. The quantitative estimate of drug-likeness (QED) is 0.838. The van der Waals surface area contributed by atoms with Crippen molar-refractivity contribution in [2.24, 2.45) is 0 Å². The van der Waals surface area contributed by atoms with E-state index in [0.717, 1.165) is 28.8 Å². The van der Waals surface area contributed by atoms with Crippen LogP contribution in [0.3, 0.4) is 0 Å². The van der Waals surface area contributed by atoms with Crippen LogP contribution < -0.4 is 4.90 Å². The third kappa shape index (κ3) is 3.14. The molecule has 0 unspecified atom stereocenters. The van der Waals surface area contributed by atoms with Crippen LogP contribution in [0, 0.1) is 0 Å². The predicted octanol–water partition coefficient (Wildman–Crippen LogP) is 3.21. The summed E-state index contributed by atoms with van der Waals surface area (Å²) in [6, 6.07) is 0.685. The van der Waals surface area contributed by atoms with E-state index in [4.69, 9.17) is 11.6 Å². The van der Waals surface area contributed by atoms with Crippen LogP contribution in [0.2, 0.25) is 5.15 Å². The molecule has 2 aromatic rings. The minimum atomic E-state index is 0.541. The summed E-state index contributed by atoms with van der Waals surface area (Å²) in [5.41, 5.74) is 0. The molecule has 0 aliphatic carbocycles. The fraction of sp³-hybridized carbons (Fsp3) is 0.600. The maximum absolute atomic E-state index is 6.31. The van der Waals surface area contributed by atoms with Gasteiger partial charge in [-0.25, -0.2) is 9.97 Å². The third-order valence-electron chi connectivity index (χ3n) is 4.25. The first kappa shape index (κ1) is 15.8. The normalized spacial score (nSPS) is 19.0. The second-order valence-corrected chi connectivity index (χ2v) is 7.36. The second-order valence-electron chi connectivity index (χ2n) is 6.02. The predicted molar refractivity (Wildman–Crippen MR) is 92.9 cm³/mol. The molecular weight excluding hydrogens is 318 g/mol. The molecule has 2 aromatic heterocycles. The molecule has 3 heterocycles. The van der Waals surface area contributed by atoms with Crippen LogP contribution in [-0.4, -0.2) is 53.2 Å². The molecule has 1 saturated heterocycles. The Hall–Kier alpha value is -1.11. The Morgan fingerprint density at radius 3 is 2.91 bits per heavy atom. The van der Waals surface area contributed by atoms with Crippen molar-refractivity contribution in [3.8, 4) is 10.7 Å². The third-order valence-corrected chi connectivity index (χ3v) is 5.86. The second kappa shape index (κ2) is 6.56. The van der Waals surface area contributed by atoms with Crippen molar-refractivity contribution >= 4 is 28.1 Å². The molecule has 1 aliphatic rings. The lowest BCUT2D eigenvalue weighted by molar-refractivity contribution is 0.286. The lowest BCUT2D eigenvalue weighted by Gasteiger charge is -2.19. The molecule has 1 atom stereocenters. The van der Waals surface area contributed by atoms with E-state index in [0.29, 0.717) is 11.2 Å². The summed E-state index contributed by atoms with van der Waals surface area (Å²) in [5.74, 6) is 0.927. The Morgan fingerprint density at radius 1 is 1.45 bits per heavy atom. The number of nitrogens with zero attached hydrogens (tertiary/aromatic N) is 5. The smallest absolute Gasteiger partial charge is 0.186 e. The van der Waals surface area contributed by atoms with E-state index in [9.17, 15) is 0 Å². The standard InChI is InChI=1S/C15H22ClN5S/c1-19(2)15-18-13(16)12(22-15)14-17-7-10-21(14)9-6-11-5-4-8-20(11)3/h7,10-11H,4-6,8-9H2,1-3H3/t11-/m1/s1. The van der Waals surface area contributed by atoms with Crippen LogP contribution in [0.25, 0.3) is 10.7 Å². The van der Waals surface area contributed by atoms with Gasteiger partial charge in [0, 0.05) is 39.1 Å². The minimum absolute atomic E-state index is 0.541. The maximum atomic E-state index is 6.31. The summed E-state index contributed by atoms with van der Waals surface area (Å²) in [6.07, 6.45) is 7.64. The van der Waals surface area contributed by atoms with Gasteiger partial charge in [-0.05, 0) is 32.9 Å². The van der Waals surface area contributed by atoms with Crippen LogP contribution in [0.15, 0.2) is 12.4 Å². The molecular formula is C15H22ClN5S. The van der Waals surface area contributed by atoms with Gasteiger partial charge in [0.2, 0.25) is 0 Å². The van der Waals surface area contributed by atoms with E-state index in [2.05, 4.69) is 26.5 Å². The zero-order valence-electron chi connectivity index (χ0n) is 13.3. The fourth-order valence-corrected chi connectivity index (χ4v) is 4.17. The molecule has 5 nitrogen and oxygen atoms in total. The first-order valence-corrected chi connectivity index (χ1v) is 8.81. The lowest BCUT2D eigenvalue weighted by atomic mass is 10.1. The highest BCUT2D eigenvalue weighted by Gasteiger charge is 2.22. The zero-order valence-corrected chi connectivity index (χ0v) is 14.9. The minimum Gasteiger partial charge on any atom is -0.354 e. The van der Waals surface area contributed by atoms with E-state index in [1.807, 2.05) is 31.4 Å². The largest absolute Gasteiger partial charge is 0.354 e. The number of rotatable bonds is 5. The molecule has 0 amide bonds. The van der Waals surface area contributed by atoms with Crippen molar-refractivity contribution in [1.82, 2.24) is 19.4 Å². The van der Waals surface area contributed by atoms with Crippen molar-refractivity contribution < 1.29 is 0 Å². The van der Waals surface area contributed by atoms with Crippen LogP contribution in [-0.2, 0) is 6.54 Å². The zero-order chi connectivity index (χ0) is 15.7. The Bertz CT molecular complexity index is 636. The Morgan fingerprint density at radius 2 is 2.27 bits per heavy atom. The Kier molecular flexibility index (Phi) is 4.70. The van der Waals surface area contributed by atoms with Gasteiger partial charge in [-0.1, -0.05) is 22.9 Å². The molecule has 1 aliphatic heterocycles. The fourth-order valence-electron chi connectivity index (χ4n) is 2.95. The summed E-state index contributed by atoms with van der Waals surface area (Å²) in [6.45, 7) is 2.18. The molecule has 1 fully saturated rings. The molecule has 0 aromatic carbocycles. The van der Waals surface area contributed by atoms with Crippen molar-refractivity contribution in [2.45, 2.75) is 31.8 Å². The Balaban J connectivity index is 1.77. The molecule has 0 saturated carbocycles. The highest BCUT2D eigenvalue weighted by atomic mass is 35.5. The van der Waals surface area contributed by atoms with Gasteiger partial charge in [0.1, 0.15) is 4.88 Å². The molecule has 0 spiro atoms. The SMILES string of the molecule is CN(C)c1nc(Cl)c(-c2nccn2CC[C@H]2CCCN2C)s1. The topological polar surface area (TPSA) is 37.2 Å². The summed E-state index contributed by atoms with van der Waals surface area (Å²) >= 11 is 7.90. The van der Waals surface area contributed by atoms with E-state index < -0.39 is 0 Å². The molecule has 120 valence electrons. The summed E-state index contributed by atoms with van der Waals surface area (Å²) in [5, 5.41) is 1.45. The van der Waals surface area contributed by atoms with Gasteiger partial charge in [-0.3, -0.25) is 0 Å². The van der Waals surface area contributed by atoms with Gasteiger partial charge in [-0.2, -0.15) is 0 Å². The van der Waals surface area contributed by atoms with Gasteiger partial charge >= 0.3 is 0 Å². The molecule has 22 heavy (non-hydrogen) atoms. The van der Waals surface area contributed by atoms with E-state index in [1.54, 1.807) is 11.3 Å². The van der Waals surface area contributed by atoms with Crippen molar-refractivity contribution in [2.75, 3.05) is 32.6 Å². The van der Waals surface area contributed by atoms with Crippen LogP contribution in [0.4, 0.5) is 5.13 Å². The number of imidazole rings is 1. The number of hydrogen-bond donors (Lipinski definition) is 0. The number of thiazole rings is 1. The highest BCUT2D eigenvalue weighted by Crippen LogP contribution is 2.36. The molecule has 3 rings (SSSR count). The number of likely N-dealkylation sites (tertiary alicyclic amines) is 1. The van der Waals surface area contributed by atoms with Gasteiger partial charge in [0.25, 0.3) is 0 Å². The summed E-state index contributed by atoms with van der Waals surface area (Å²) in [7, 11) is 6.17. The van der Waals surface area contributed by atoms with Crippen LogP contribution >= 0.6 is 22.9 Å². The van der Waals surface area contributed by atoms with Gasteiger partial charge < -0.3 is 14.4 Å². The molecule has 7 heteroatoms. The van der Waals surface area contributed by atoms with Crippen LogP contribution in [0.5, 0.6) is 0 Å². The number of aromatic nitrogens is 3. The first-order chi connectivity index (χ1) is 10.6. The Labute approximate surface area is 140 Å². The van der Waals surface area contributed by atoms with Gasteiger partial charge in [0.05, 0.1) is 0 Å². The number of hydrogen-bond acceptors (Lipinski definition) is 5. The number of halogens is 1. The average Bonchev–Trinajstić information content (AvgIpc) is 3.16. The monoisotopic (exact) mass is 339 g/mol. The molecule has 0 N–H and O–H groups in total. The van der Waals surface area contributed by atoms with Gasteiger partial charge in [-0.15, -0.1) is 0 Å². The van der Waals surface area contributed by atoms with Gasteiger partial charge in [0.15, 0.2) is 16.1 Å². The van der Waals surface area contributed by atoms with E-state index >= 15 is 0 Å².